The second-order valence-electron chi connectivity index (χ2n) is 5.72. The highest BCUT2D eigenvalue weighted by Gasteiger charge is 2.22. The zero-order valence-electron chi connectivity index (χ0n) is 13.2. The number of ether oxygens (including phenoxy) is 1. The van der Waals surface area contributed by atoms with Crippen LogP contribution in [0, 0.1) is 0 Å². The highest BCUT2D eigenvalue weighted by molar-refractivity contribution is 5.92. The Morgan fingerprint density at radius 3 is 2.65 bits per heavy atom. The van der Waals surface area contributed by atoms with Gasteiger partial charge >= 0.3 is 0 Å². The number of fused-ring (bicyclic) bond motifs is 1. The molecule has 0 unspecified atom stereocenters. The molecule has 0 saturated heterocycles. The van der Waals surface area contributed by atoms with Gasteiger partial charge < -0.3 is 15.0 Å². The third-order valence-electron chi connectivity index (χ3n) is 4.19. The maximum absolute atomic E-state index is 12.3. The minimum Gasteiger partial charge on any atom is -0.494 e. The summed E-state index contributed by atoms with van der Waals surface area (Å²) in [4.78, 5) is 23.8. The van der Waals surface area contributed by atoms with Crippen molar-refractivity contribution in [3.8, 4) is 5.75 Å². The minimum absolute atomic E-state index is 0.0802. The fourth-order valence-corrected chi connectivity index (χ4v) is 3.12. The molecule has 1 amide bonds. The molecule has 0 saturated carbocycles. The maximum atomic E-state index is 12.3. The number of benzene rings is 1. The van der Waals surface area contributed by atoms with E-state index >= 15 is 0 Å². The zero-order chi connectivity index (χ0) is 16.4. The fourth-order valence-electron chi connectivity index (χ4n) is 3.12. The number of hydrogen-bond donors (Lipinski definition) is 1. The number of carbonyl (C=O) groups is 1. The summed E-state index contributed by atoms with van der Waals surface area (Å²) in [7, 11) is 0. The summed E-state index contributed by atoms with van der Waals surface area (Å²) in [5.41, 5.74) is 8.08. The molecule has 0 bridgehead atoms. The molecule has 2 N–H and O–H groups in total. The number of pyridine rings is 1. The normalized spacial score (nSPS) is 12.9. The van der Waals surface area contributed by atoms with Crippen LogP contribution in [0.3, 0.4) is 0 Å². The van der Waals surface area contributed by atoms with Gasteiger partial charge in [0, 0.05) is 24.0 Å². The van der Waals surface area contributed by atoms with Gasteiger partial charge in [-0.2, -0.15) is 0 Å². The Balaban J connectivity index is 1.96. The molecule has 5 heteroatoms. The second-order valence-corrected chi connectivity index (χ2v) is 5.72. The SMILES string of the molecule is CCOc1ccc(Cn2cc(C(N)=O)c(=O)c3c2CCC3)cc1. The summed E-state index contributed by atoms with van der Waals surface area (Å²) in [6.07, 6.45) is 4.13. The number of primary amides is 1. The van der Waals surface area contributed by atoms with E-state index in [1.54, 1.807) is 6.20 Å². The van der Waals surface area contributed by atoms with Crippen molar-refractivity contribution < 1.29 is 9.53 Å². The lowest BCUT2D eigenvalue weighted by atomic mass is 10.1. The first-order valence-electron chi connectivity index (χ1n) is 7.87. The van der Waals surface area contributed by atoms with Gasteiger partial charge in [-0.05, 0) is 43.9 Å². The molecule has 3 rings (SSSR count). The van der Waals surface area contributed by atoms with Crippen LogP contribution in [0.4, 0.5) is 0 Å². The summed E-state index contributed by atoms with van der Waals surface area (Å²) in [6, 6.07) is 7.84. The van der Waals surface area contributed by atoms with E-state index in [4.69, 9.17) is 10.5 Å². The first-order valence-corrected chi connectivity index (χ1v) is 7.87. The molecule has 1 aliphatic carbocycles. The molecule has 1 aromatic heterocycles. The topological polar surface area (TPSA) is 74.3 Å². The number of hydrogen-bond acceptors (Lipinski definition) is 3. The summed E-state index contributed by atoms with van der Waals surface area (Å²) >= 11 is 0. The van der Waals surface area contributed by atoms with Crippen LogP contribution >= 0.6 is 0 Å². The van der Waals surface area contributed by atoms with Crippen LogP contribution in [0.25, 0.3) is 0 Å². The lowest BCUT2D eigenvalue weighted by molar-refractivity contribution is 0.0998. The van der Waals surface area contributed by atoms with Crippen molar-refractivity contribution >= 4 is 5.91 Å². The first-order chi connectivity index (χ1) is 11.1. The van der Waals surface area contributed by atoms with Crippen molar-refractivity contribution in [2.24, 2.45) is 5.73 Å². The third kappa shape index (κ3) is 2.99. The monoisotopic (exact) mass is 312 g/mol. The molecule has 23 heavy (non-hydrogen) atoms. The average molecular weight is 312 g/mol. The van der Waals surface area contributed by atoms with Crippen LogP contribution in [-0.4, -0.2) is 17.1 Å². The summed E-state index contributed by atoms with van der Waals surface area (Å²) in [6.45, 7) is 3.19. The van der Waals surface area contributed by atoms with Crippen molar-refractivity contribution in [1.29, 1.82) is 0 Å². The Morgan fingerprint density at radius 2 is 2.00 bits per heavy atom. The molecule has 1 heterocycles. The van der Waals surface area contributed by atoms with Gasteiger partial charge in [-0.15, -0.1) is 0 Å². The summed E-state index contributed by atoms with van der Waals surface area (Å²) in [5, 5.41) is 0. The number of aromatic nitrogens is 1. The number of carbonyl (C=O) groups excluding carboxylic acids is 1. The Morgan fingerprint density at radius 1 is 1.26 bits per heavy atom. The van der Waals surface area contributed by atoms with Crippen molar-refractivity contribution in [3.05, 3.63) is 63.1 Å². The van der Waals surface area contributed by atoms with Gasteiger partial charge in [-0.25, -0.2) is 0 Å². The van der Waals surface area contributed by atoms with E-state index in [0.717, 1.165) is 41.8 Å². The van der Waals surface area contributed by atoms with E-state index in [1.165, 1.54) is 0 Å². The Hall–Kier alpha value is -2.56. The van der Waals surface area contributed by atoms with Crippen molar-refractivity contribution in [2.45, 2.75) is 32.7 Å². The largest absolute Gasteiger partial charge is 0.494 e. The standard InChI is InChI=1S/C18H20N2O3/c1-2-23-13-8-6-12(7-9-13)10-20-11-15(18(19)22)17(21)14-4-3-5-16(14)20/h6-9,11H,2-5,10H2,1H3,(H2,19,22). The number of rotatable bonds is 5. The zero-order valence-corrected chi connectivity index (χ0v) is 13.2. The Bertz CT molecular complexity index is 791. The Kier molecular flexibility index (Phi) is 4.19. The molecular weight excluding hydrogens is 292 g/mol. The van der Waals surface area contributed by atoms with Crippen molar-refractivity contribution in [1.82, 2.24) is 4.57 Å². The molecule has 0 radical (unpaired) electrons. The van der Waals surface area contributed by atoms with Gasteiger partial charge in [0.25, 0.3) is 5.91 Å². The van der Waals surface area contributed by atoms with Crippen LogP contribution in [0.15, 0.2) is 35.3 Å². The predicted molar refractivity (Wildman–Crippen MR) is 88.0 cm³/mol. The molecule has 0 atom stereocenters. The smallest absolute Gasteiger partial charge is 0.254 e. The van der Waals surface area contributed by atoms with Gasteiger partial charge in [-0.1, -0.05) is 12.1 Å². The molecule has 5 nitrogen and oxygen atoms in total. The molecule has 0 fully saturated rings. The average Bonchev–Trinajstić information content (AvgIpc) is 3.02. The lowest BCUT2D eigenvalue weighted by Gasteiger charge is -2.15. The van der Waals surface area contributed by atoms with Crippen molar-refractivity contribution in [2.75, 3.05) is 6.61 Å². The van der Waals surface area contributed by atoms with Gasteiger partial charge in [0.2, 0.25) is 0 Å². The lowest BCUT2D eigenvalue weighted by Crippen LogP contribution is -2.27. The van der Waals surface area contributed by atoms with Gasteiger partial charge in [-0.3, -0.25) is 9.59 Å². The quantitative estimate of drug-likeness (QED) is 0.916. The fraction of sp³-hybridized carbons (Fsp3) is 0.333. The molecule has 0 aliphatic heterocycles. The van der Waals surface area contributed by atoms with E-state index < -0.39 is 5.91 Å². The van der Waals surface area contributed by atoms with E-state index in [9.17, 15) is 9.59 Å². The molecule has 1 aromatic carbocycles. The second kappa shape index (κ2) is 6.28. The predicted octanol–water partition coefficient (Wildman–Crippen LogP) is 1.88. The van der Waals surface area contributed by atoms with Crippen LogP contribution in [0.5, 0.6) is 5.75 Å². The maximum Gasteiger partial charge on any atom is 0.254 e. The van der Waals surface area contributed by atoms with E-state index in [1.807, 2.05) is 35.8 Å². The Labute approximate surface area is 134 Å². The van der Waals surface area contributed by atoms with Crippen LogP contribution < -0.4 is 15.9 Å². The summed E-state index contributed by atoms with van der Waals surface area (Å²) < 4.78 is 7.43. The molecule has 2 aromatic rings. The minimum atomic E-state index is -0.662. The van der Waals surface area contributed by atoms with Gasteiger partial charge in [0.15, 0.2) is 5.43 Å². The van der Waals surface area contributed by atoms with Crippen LogP contribution in [-0.2, 0) is 19.4 Å². The van der Waals surface area contributed by atoms with Gasteiger partial charge in [0.05, 0.1) is 6.61 Å². The third-order valence-corrected chi connectivity index (χ3v) is 4.19. The van der Waals surface area contributed by atoms with Crippen molar-refractivity contribution in [3.63, 3.8) is 0 Å². The number of nitrogens with zero attached hydrogens (tertiary/aromatic N) is 1. The molecule has 120 valence electrons. The molecule has 0 spiro atoms. The van der Waals surface area contributed by atoms with Crippen LogP contribution in [0.2, 0.25) is 0 Å². The molecular formula is C18H20N2O3. The van der Waals surface area contributed by atoms with Crippen LogP contribution in [0.1, 0.15) is 40.5 Å². The number of amides is 1. The number of nitrogens with two attached hydrogens (primary N) is 1. The first kappa shape index (κ1) is 15.3. The summed E-state index contributed by atoms with van der Waals surface area (Å²) in [5.74, 6) is 0.171. The highest BCUT2D eigenvalue weighted by Crippen LogP contribution is 2.21. The molecule has 1 aliphatic rings. The van der Waals surface area contributed by atoms with E-state index in [0.29, 0.717) is 13.2 Å². The van der Waals surface area contributed by atoms with E-state index in [2.05, 4.69) is 0 Å². The highest BCUT2D eigenvalue weighted by atomic mass is 16.5. The van der Waals surface area contributed by atoms with E-state index in [-0.39, 0.29) is 11.0 Å². The van der Waals surface area contributed by atoms with Gasteiger partial charge in [0.1, 0.15) is 11.3 Å².